The van der Waals surface area contributed by atoms with Crippen LogP contribution in [0.3, 0.4) is 0 Å². The summed E-state index contributed by atoms with van der Waals surface area (Å²) in [5.74, 6) is -0.0666. The van der Waals surface area contributed by atoms with E-state index in [0.717, 1.165) is 21.5 Å². The van der Waals surface area contributed by atoms with Crippen LogP contribution in [0.5, 0.6) is 0 Å². The van der Waals surface area contributed by atoms with Crippen molar-refractivity contribution in [2.45, 2.75) is 33.2 Å². The lowest BCUT2D eigenvalue weighted by atomic mass is 9.69. The number of amides is 1. The molecule has 1 aliphatic heterocycles. The number of ketones is 1. The number of benzene rings is 3. The molecule has 0 saturated heterocycles. The first kappa shape index (κ1) is 16.8. The molecule has 0 fully saturated rings. The van der Waals surface area contributed by atoms with Crippen LogP contribution in [0, 0.1) is 5.41 Å². The average Bonchev–Trinajstić information content (AvgIpc) is 2.67. The maximum atomic E-state index is 13.7. The quantitative estimate of drug-likeness (QED) is 0.534. The molecule has 26 heavy (non-hydrogen) atoms. The maximum absolute atomic E-state index is 13.7. The molecule has 0 spiro atoms. The van der Waals surface area contributed by atoms with Gasteiger partial charge >= 0.3 is 0 Å². The molecule has 3 nitrogen and oxygen atoms in total. The van der Waals surface area contributed by atoms with Gasteiger partial charge in [-0.05, 0) is 35.4 Å². The summed E-state index contributed by atoms with van der Waals surface area (Å²) in [5.41, 5.74) is -0.229. The summed E-state index contributed by atoms with van der Waals surface area (Å²) in [5, 5.41) is 3.73. The molecule has 0 atom stereocenters. The standard InChI is InChI=1S/C23H23NO2/c1-22(2)20(25)18-16-12-8-6-10-14(16)15-11-7-9-13-17(15)19(18)21(26)24(5)23(22,3)4/h6-13H,1-5H3. The molecule has 0 N–H and O–H groups in total. The smallest absolute Gasteiger partial charge is 0.255 e. The second kappa shape index (κ2) is 5.16. The van der Waals surface area contributed by atoms with Crippen LogP contribution in [0.2, 0.25) is 0 Å². The van der Waals surface area contributed by atoms with Crippen LogP contribution in [-0.2, 0) is 0 Å². The van der Waals surface area contributed by atoms with Crippen molar-refractivity contribution >= 4 is 33.2 Å². The van der Waals surface area contributed by atoms with E-state index in [-0.39, 0.29) is 11.7 Å². The van der Waals surface area contributed by atoms with Crippen molar-refractivity contribution in [3.8, 4) is 0 Å². The minimum Gasteiger partial charge on any atom is -0.336 e. The van der Waals surface area contributed by atoms with Crippen molar-refractivity contribution in [1.29, 1.82) is 0 Å². The van der Waals surface area contributed by atoms with Crippen molar-refractivity contribution in [3.05, 3.63) is 59.7 Å². The molecular weight excluding hydrogens is 322 g/mol. The van der Waals surface area contributed by atoms with Gasteiger partial charge in [0.1, 0.15) is 0 Å². The molecule has 3 aromatic rings. The molecule has 3 aromatic carbocycles. The van der Waals surface area contributed by atoms with E-state index in [0.29, 0.717) is 11.1 Å². The van der Waals surface area contributed by atoms with Crippen LogP contribution < -0.4 is 0 Å². The number of fused-ring (bicyclic) bond motifs is 6. The van der Waals surface area contributed by atoms with E-state index >= 15 is 0 Å². The number of carbonyl (C=O) groups is 2. The summed E-state index contributed by atoms with van der Waals surface area (Å²) in [6, 6.07) is 15.8. The van der Waals surface area contributed by atoms with E-state index in [4.69, 9.17) is 0 Å². The number of rotatable bonds is 0. The van der Waals surface area contributed by atoms with Crippen molar-refractivity contribution in [3.63, 3.8) is 0 Å². The molecule has 0 saturated carbocycles. The van der Waals surface area contributed by atoms with Crippen molar-refractivity contribution in [2.75, 3.05) is 7.05 Å². The maximum Gasteiger partial charge on any atom is 0.255 e. The third kappa shape index (κ3) is 1.89. The van der Waals surface area contributed by atoms with Gasteiger partial charge in [-0.25, -0.2) is 0 Å². The van der Waals surface area contributed by atoms with Crippen LogP contribution in [0.25, 0.3) is 21.5 Å². The van der Waals surface area contributed by atoms with Crippen molar-refractivity contribution in [1.82, 2.24) is 4.90 Å². The van der Waals surface area contributed by atoms with E-state index < -0.39 is 11.0 Å². The Morgan fingerprint density at radius 3 is 1.62 bits per heavy atom. The molecule has 1 aliphatic rings. The summed E-state index contributed by atoms with van der Waals surface area (Å²) in [7, 11) is 1.80. The Morgan fingerprint density at radius 2 is 1.12 bits per heavy atom. The Balaban J connectivity index is 2.29. The molecular formula is C23H23NO2. The summed E-state index contributed by atoms with van der Waals surface area (Å²) in [6.07, 6.45) is 0. The van der Waals surface area contributed by atoms with Gasteiger partial charge in [-0.2, -0.15) is 0 Å². The fourth-order valence-electron chi connectivity index (χ4n) is 4.03. The fraction of sp³-hybridized carbons (Fsp3) is 0.304. The van der Waals surface area contributed by atoms with E-state index in [1.807, 2.05) is 76.2 Å². The summed E-state index contributed by atoms with van der Waals surface area (Å²) < 4.78 is 0. The first-order chi connectivity index (χ1) is 12.2. The number of hydrogen-bond acceptors (Lipinski definition) is 2. The third-order valence-electron chi connectivity index (χ3n) is 6.61. The highest BCUT2D eigenvalue weighted by molar-refractivity contribution is 6.28. The zero-order valence-corrected chi connectivity index (χ0v) is 15.9. The minimum atomic E-state index is -0.714. The second-order valence-corrected chi connectivity index (χ2v) is 8.22. The van der Waals surface area contributed by atoms with Gasteiger partial charge < -0.3 is 4.90 Å². The van der Waals surface area contributed by atoms with Crippen LogP contribution >= 0.6 is 0 Å². The Kier molecular flexibility index (Phi) is 3.33. The van der Waals surface area contributed by atoms with Crippen LogP contribution in [0.4, 0.5) is 0 Å². The highest BCUT2D eigenvalue weighted by Crippen LogP contribution is 2.46. The van der Waals surface area contributed by atoms with E-state index in [1.54, 1.807) is 11.9 Å². The van der Waals surface area contributed by atoms with Gasteiger partial charge in [-0.3, -0.25) is 9.59 Å². The van der Waals surface area contributed by atoms with Gasteiger partial charge in [0, 0.05) is 18.2 Å². The average molecular weight is 345 g/mol. The monoisotopic (exact) mass is 345 g/mol. The largest absolute Gasteiger partial charge is 0.336 e. The minimum absolute atomic E-state index is 0.0251. The SMILES string of the molecule is CN1C(=O)c2c(c3ccccc3c3ccccc23)C(=O)C(C)(C)C1(C)C. The number of hydrogen-bond donors (Lipinski definition) is 0. The van der Waals surface area contributed by atoms with Gasteiger partial charge in [-0.1, -0.05) is 62.4 Å². The highest BCUT2D eigenvalue weighted by Gasteiger charge is 2.51. The zero-order chi connectivity index (χ0) is 18.9. The molecule has 4 rings (SSSR count). The van der Waals surface area contributed by atoms with E-state index in [1.165, 1.54) is 0 Å². The molecule has 3 heteroatoms. The summed E-state index contributed by atoms with van der Waals surface area (Å²) >= 11 is 0. The Labute approximate surface area is 153 Å². The van der Waals surface area contributed by atoms with Crippen LogP contribution in [0.15, 0.2) is 48.5 Å². The first-order valence-electron chi connectivity index (χ1n) is 8.96. The number of carbonyl (C=O) groups excluding carboxylic acids is 2. The number of Topliss-reactive ketones (excluding diaryl/α,β-unsaturated/α-hetero) is 1. The predicted octanol–water partition coefficient (Wildman–Crippen LogP) is 5.07. The Bertz CT molecular complexity index is 1090. The van der Waals surface area contributed by atoms with Crippen LogP contribution in [0.1, 0.15) is 48.4 Å². The summed E-state index contributed by atoms with van der Waals surface area (Å²) in [4.78, 5) is 29.0. The van der Waals surface area contributed by atoms with E-state index in [9.17, 15) is 9.59 Å². The van der Waals surface area contributed by atoms with Crippen LogP contribution in [-0.4, -0.2) is 29.2 Å². The molecule has 1 amide bonds. The lowest BCUT2D eigenvalue weighted by Crippen LogP contribution is -2.55. The van der Waals surface area contributed by atoms with Gasteiger partial charge in [0.05, 0.1) is 11.0 Å². The topological polar surface area (TPSA) is 37.4 Å². The molecule has 0 radical (unpaired) electrons. The first-order valence-corrected chi connectivity index (χ1v) is 8.96. The molecule has 0 bridgehead atoms. The predicted molar refractivity (Wildman–Crippen MR) is 106 cm³/mol. The summed E-state index contributed by atoms with van der Waals surface area (Å²) in [6.45, 7) is 7.83. The zero-order valence-electron chi connectivity index (χ0n) is 15.9. The Morgan fingerprint density at radius 1 is 0.692 bits per heavy atom. The normalized spacial score (nSPS) is 18.9. The van der Waals surface area contributed by atoms with Gasteiger partial charge in [0.25, 0.3) is 5.91 Å². The lowest BCUT2D eigenvalue weighted by molar-refractivity contribution is 0.0284. The molecule has 0 unspecified atom stereocenters. The molecule has 132 valence electrons. The number of nitrogens with zero attached hydrogens (tertiary/aromatic N) is 1. The molecule has 0 aliphatic carbocycles. The van der Waals surface area contributed by atoms with Gasteiger partial charge in [-0.15, -0.1) is 0 Å². The molecule has 1 heterocycles. The highest BCUT2D eigenvalue weighted by atomic mass is 16.2. The van der Waals surface area contributed by atoms with Crippen molar-refractivity contribution < 1.29 is 9.59 Å². The Hall–Kier alpha value is -2.68. The van der Waals surface area contributed by atoms with Gasteiger partial charge in [0.2, 0.25) is 0 Å². The fourth-order valence-corrected chi connectivity index (χ4v) is 4.03. The van der Waals surface area contributed by atoms with Crippen molar-refractivity contribution in [2.24, 2.45) is 5.41 Å². The van der Waals surface area contributed by atoms with Gasteiger partial charge in [0.15, 0.2) is 5.78 Å². The van der Waals surface area contributed by atoms with E-state index in [2.05, 4.69) is 0 Å². The second-order valence-electron chi connectivity index (χ2n) is 8.22. The third-order valence-corrected chi connectivity index (χ3v) is 6.61. The lowest BCUT2D eigenvalue weighted by Gasteiger charge is -2.44. The molecule has 0 aromatic heterocycles.